The summed E-state index contributed by atoms with van der Waals surface area (Å²) < 4.78 is 5.68. The molecule has 0 radical (unpaired) electrons. The van der Waals surface area contributed by atoms with Gasteiger partial charge in [-0.2, -0.15) is 0 Å². The third-order valence-electron chi connectivity index (χ3n) is 3.19. The predicted octanol–water partition coefficient (Wildman–Crippen LogP) is 1.82. The van der Waals surface area contributed by atoms with E-state index >= 15 is 0 Å². The van der Waals surface area contributed by atoms with E-state index in [-0.39, 0.29) is 0 Å². The maximum atomic E-state index is 11.7. The number of nitrogens with one attached hydrogen (secondary N) is 1. The van der Waals surface area contributed by atoms with Crippen molar-refractivity contribution in [3.8, 4) is 5.75 Å². The van der Waals surface area contributed by atoms with Gasteiger partial charge in [-0.3, -0.25) is 9.59 Å². The topological polar surface area (TPSA) is 75.6 Å². The lowest BCUT2D eigenvalue weighted by Crippen LogP contribution is -2.38. The van der Waals surface area contributed by atoms with Gasteiger partial charge in [0.1, 0.15) is 11.8 Å². The van der Waals surface area contributed by atoms with Gasteiger partial charge in [0, 0.05) is 5.56 Å². The van der Waals surface area contributed by atoms with Gasteiger partial charge in [-0.1, -0.05) is 0 Å². The largest absolute Gasteiger partial charge is 0.490 e. The van der Waals surface area contributed by atoms with Crippen LogP contribution in [0.2, 0.25) is 0 Å². The highest BCUT2D eigenvalue weighted by atomic mass is 16.5. The Bertz CT molecular complexity index is 465. The van der Waals surface area contributed by atoms with Gasteiger partial charge < -0.3 is 15.2 Å². The van der Waals surface area contributed by atoms with Crippen molar-refractivity contribution in [3.63, 3.8) is 0 Å². The number of hydrogen-bond acceptors (Lipinski definition) is 3. The zero-order chi connectivity index (χ0) is 13.8. The van der Waals surface area contributed by atoms with Crippen LogP contribution in [0.5, 0.6) is 5.75 Å². The van der Waals surface area contributed by atoms with E-state index < -0.39 is 17.9 Å². The molecular weight excluding hydrogens is 246 g/mol. The molecule has 1 aromatic rings. The van der Waals surface area contributed by atoms with Crippen molar-refractivity contribution in [1.29, 1.82) is 0 Å². The summed E-state index contributed by atoms with van der Waals surface area (Å²) in [6.07, 6.45) is 3.67. The van der Waals surface area contributed by atoms with Crippen LogP contribution in [0.1, 0.15) is 36.5 Å². The SMILES string of the molecule is CC(NC(=O)c1ccc(OC2CCC2)cc1)C(=O)O. The fourth-order valence-electron chi connectivity index (χ4n) is 1.71. The molecule has 0 aliphatic heterocycles. The number of carbonyl (C=O) groups excluding carboxylic acids is 1. The second kappa shape index (κ2) is 5.73. The standard InChI is InChI=1S/C14H17NO4/c1-9(14(17)18)15-13(16)10-5-7-12(8-6-10)19-11-3-2-4-11/h5-9,11H,2-4H2,1H3,(H,15,16)(H,17,18). The lowest BCUT2D eigenvalue weighted by molar-refractivity contribution is -0.138. The summed E-state index contributed by atoms with van der Waals surface area (Å²) in [5.74, 6) is -0.712. The Hall–Kier alpha value is -2.04. The van der Waals surface area contributed by atoms with Gasteiger partial charge >= 0.3 is 5.97 Å². The quantitative estimate of drug-likeness (QED) is 0.849. The van der Waals surface area contributed by atoms with E-state index in [0.29, 0.717) is 11.7 Å². The zero-order valence-electron chi connectivity index (χ0n) is 10.8. The third kappa shape index (κ3) is 3.47. The minimum Gasteiger partial charge on any atom is -0.490 e. The molecule has 1 saturated carbocycles. The predicted molar refractivity (Wildman–Crippen MR) is 69.3 cm³/mol. The second-order valence-electron chi connectivity index (χ2n) is 4.73. The van der Waals surface area contributed by atoms with Crippen LogP contribution in [0.3, 0.4) is 0 Å². The van der Waals surface area contributed by atoms with Crippen molar-refractivity contribution >= 4 is 11.9 Å². The number of carbonyl (C=O) groups is 2. The molecule has 1 fully saturated rings. The molecule has 0 heterocycles. The number of carboxylic acids is 1. The highest BCUT2D eigenvalue weighted by molar-refractivity contribution is 5.96. The van der Waals surface area contributed by atoms with Crippen LogP contribution in [0.4, 0.5) is 0 Å². The molecule has 1 atom stereocenters. The number of carboxylic acid groups (broad SMARTS) is 1. The molecule has 5 nitrogen and oxygen atoms in total. The minimum absolute atomic E-state index is 0.298. The Labute approximate surface area is 111 Å². The summed E-state index contributed by atoms with van der Waals surface area (Å²) in [6, 6.07) is 5.84. The zero-order valence-corrected chi connectivity index (χ0v) is 10.8. The van der Waals surface area contributed by atoms with Crippen molar-refractivity contribution in [2.45, 2.75) is 38.3 Å². The van der Waals surface area contributed by atoms with Gasteiger partial charge in [0.15, 0.2) is 0 Å². The molecule has 1 aromatic carbocycles. The molecule has 1 unspecified atom stereocenters. The van der Waals surface area contributed by atoms with Crippen LogP contribution in [0, 0.1) is 0 Å². The van der Waals surface area contributed by atoms with Crippen LogP contribution >= 0.6 is 0 Å². The van der Waals surface area contributed by atoms with Crippen molar-refractivity contribution in [3.05, 3.63) is 29.8 Å². The van der Waals surface area contributed by atoms with E-state index in [1.165, 1.54) is 13.3 Å². The molecule has 2 rings (SSSR count). The summed E-state index contributed by atoms with van der Waals surface area (Å²) in [7, 11) is 0. The molecule has 5 heteroatoms. The minimum atomic E-state index is -1.06. The molecule has 19 heavy (non-hydrogen) atoms. The molecule has 0 spiro atoms. The lowest BCUT2D eigenvalue weighted by atomic mass is 9.96. The highest BCUT2D eigenvalue weighted by Gasteiger charge is 2.19. The first-order valence-electron chi connectivity index (χ1n) is 6.36. The number of aliphatic carboxylic acids is 1. The molecule has 0 bridgehead atoms. The molecule has 0 saturated heterocycles. The number of rotatable bonds is 5. The van der Waals surface area contributed by atoms with Crippen molar-refractivity contribution in [2.75, 3.05) is 0 Å². The Balaban J connectivity index is 1.93. The Morgan fingerprint density at radius 1 is 1.32 bits per heavy atom. The van der Waals surface area contributed by atoms with E-state index in [9.17, 15) is 9.59 Å². The summed E-state index contributed by atoms with van der Waals surface area (Å²) in [5.41, 5.74) is 0.425. The smallest absolute Gasteiger partial charge is 0.325 e. The summed E-state index contributed by atoms with van der Waals surface area (Å²) in [6.45, 7) is 1.42. The van der Waals surface area contributed by atoms with Gasteiger partial charge in [0.2, 0.25) is 0 Å². The number of hydrogen-bond donors (Lipinski definition) is 2. The maximum Gasteiger partial charge on any atom is 0.325 e. The Morgan fingerprint density at radius 2 is 1.95 bits per heavy atom. The van der Waals surface area contributed by atoms with E-state index in [1.54, 1.807) is 24.3 Å². The van der Waals surface area contributed by atoms with Crippen LogP contribution < -0.4 is 10.1 Å². The fourth-order valence-corrected chi connectivity index (χ4v) is 1.71. The normalized spacial score (nSPS) is 16.3. The van der Waals surface area contributed by atoms with Crippen LogP contribution in [-0.2, 0) is 4.79 Å². The maximum absolute atomic E-state index is 11.7. The average Bonchev–Trinajstić information content (AvgIpc) is 2.34. The molecule has 1 aliphatic carbocycles. The molecular formula is C14H17NO4. The summed E-state index contributed by atoms with van der Waals surface area (Å²) in [5, 5.41) is 11.1. The van der Waals surface area contributed by atoms with Crippen molar-refractivity contribution in [2.24, 2.45) is 0 Å². The number of benzene rings is 1. The Kier molecular flexibility index (Phi) is 4.04. The number of amides is 1. The van der Waals surface area contributed by atoms with Crippen LogP contribution in [-0.4, -0.2) is 29.1 Å². The average molecular weight is 263 g/mol. The third-order valence-corrected chi connectivity index (χ3v) is 3.19. The van der Waals surface area contributed by atoms with E-state index in [2.05, 4.69) is 5.32 Å². The van der Waals surface area contributed by atoms with E-state index in [1.807, 2.05) is 0 Å². The van der Waals surface area contributed by atoms with Gasteiger partial charge in [-0.25, -0.2) is 0 Å². The van der Waals surface area contributed by atoms with Gasteiger partial charge in [0.05, 0.1) is 6.10 Å². The van der Waals surface area contributed by atoms with Crippen LogP contribution in [0.15, 0.2) is 24.3 Å². The first-order valence-corrected chi connectivity index (χ1v) is 6.36. The molecule has 2 N–H and O–H groups in total. The van der Waals surface area contributed by atoms with E-state index in [0.717, 1.165) is 18.6 Å². The second-order valence-corrected chi connectivity index (χ2v) is 4.73. The number of ether oxygens (including phenoxy) is 1. The molecule has 1 amide bonds. The van der Waals surface area contributed by atoms with Gasteiger partial charge in [-0.05, 0) is 50.5 Å². The van der Waals surface area contributed by atoms with Gasteiger partial charge in [-0.15, -0.1) is 0 Å². The van der Waals surface area contributed by atoms with Gasteiger partial charge in [0.25, 0.3) is 5.91 Å². The molecule has 102 valence electrons. The van der Waals surface area contributed by atoms with Crippen molar-refractivity contribution in [1.82, 2.24) is 5.32 Å². The van der Waals surface area contributed by atoms with Crippen LogP contribution in [0.25, 0.3) is 0 Å². The Morgan fingerprint density at radius 3 is 2.42 bits per heavy atom. The summed E-state index contributed by atoms with van der Waals surface area (Å²) in [4.78, 5) is 22.4. The van der Waals surface area contributed by atoms with E-state index in [4.69, 9.17) is 9.84 Å². The molecule has 0 aromatic heterocycles. The summed E-state index contributed by atoms with van der Waals surface area (Å²) >= 11 is 0. The molecule has 1 aliphatic rings. The van der Waals surface area contributed by atoms with Crippen molar-refractivity contribution < 1.29 is 19.4 Å². The lowest BCUT2D eigenvalue weighted by Gasteiger charge is -2.26. The fraction of sp³-hybridized carbons (Fsp3) is 0.429. The highest BCUT2D eigenvalue weighted by Crippen LogP contribution is 2.25. The first kappa shape index (κ1) is 13.4. The monoisotopic (exact) mass is 263 g/mol. The first-order chi connectivity index (χ1) is 9.06.